The van der Waals surface area contributed by atoms with Gasteiger partial charge in [0.25, 0.3) is 0 Å². The molecule has 1 fully saturated rings. The second-order valence-corrected chi connectivity index (χ2v) is 5.84. The monoisotopic (exact) mass is 297 g/mol. The van der Waals surface area contributed by atoms with E-state index in [0.29, 0.717) is 6.04 Å². The second-order valence-electron chi connectivity index (χ2n) is 4.98. The van der Waals surface area contributed by atoms with Crippen LogP contribution in [-0.4, -0.2) is 19.8 Å². The van der Waals surface area contributed by atoms with E-state index < -0.39 is 0 Å². The molecule has 2 rings (SSSR count). The quantitative estimate of drug-likeness (QED) is 0.890. The van der Waals surface area contributed by atoms with Crippen molar-refractivity contribution in [3.8, 4) is 0 Å². The summed E-state index contributed by atoms with van der Waals surface area (Å²) in [7, 11) is 1.77. The highest BCUT2D eigenvalue weighted by atomic mass is 79.9. The molecule has 0 aliphatic heterocycles. The normalized spacial score (nSPS) is 16.9. The molecule has 0 aromatic heterocycles. The maximum atomic E-state index is 5.30. The van der Waals surface area contributed by atoms with Crippen molar-refractivity contribution in [2.24, 2.45) is 5.92 Å². The first-order chi connectivity index (χ1) is 8.11. The predicted molar refractivity (Wildman–Crippen MR) is 75.6 cm³/mol. The lowest BCUT2D eigenvalue weighted by Gasteiger charge is -2.21. The Morgan fingerprint density at radius 3 is 2.65 bits per heavy atom. The lowest BCUT2D eigenvalue weighted by atomic mass is 10.1. The molecule has 1 saturated carbocycles. The highest BCUT2D eigenvalue weighted by Crippen LogP contribution is 2.36. The summed E-state index contributed by atoms with van der Waals surface area (Å²) in [6, 6.07) is 4.81. The molecule has 1 unspecified atom stereocenters. The van der Waals surface area contributed by atoms with Gasteiger partial charge in [0.05, 0.1) is 18.3 Å². The minimum Gasteiger partial charge on any atom is -0.383 e. The zero-order chi connectivity index (χ0) is 12.4. The smallest absolute Gasteiger partial charge is 0.0666 e. The van der Waals surface area contributed by atoms with Gasteiger partial charge >= 0.3 is 0 Å². The number of hydrogen-bond acceptors (Lipinski definition) is 2. The van der Waals surface area contributed by atoms with E-state index in [1.807, 2.05) is 0 Å². The molecular formula is C14H20BrNO. The number of halogens is 1. The van der Waals surface area contributed by atoms with Gasteiger partial charge in [0.2, 0.25) is 0 Å². The van der Waals surface area contributed by atoms with Gasteiger partial charge in [0, 0.05) is 11.6 Å². The summed E-state index contributed by atoms with van der Waals surface area (Å²) in [5, 5.41) is 3.63. The molecule has 1 aromatic rings. The van der Waals surface area contributed by atoms with Gasteiger partial charge in [-0.1, -0.05) is 6.07 Å². The number of ether oxygens (including phenoxy) is 1. The van der Waals surface area contributed by atoms with E-state index in [-0.39, 0.29) is 0 Å². The number of aryl methyl sites for hydroxylation is 2. The Morgan fingerprint density at radius 2 is 2.12 bits per heavy atom. The van der Waals surface area contributed by atoms with E-state index in [1.54, 1.807) is 7.11 Å². The zero-order valence-corrected chi connectivity index (χ0v) is 12.3. The fourth-order valence-electron chi connectivity index (χ4n) is 2.26. The van der Waals surface area contributed by atoms with Crippen LogP contribution in [0.4, 0.5) is 5.69 Å². The van der Waals surface area contributed by atoms with E-state index in [1.165, 1.54) is 29.7 Å². The molecule has 94 valence electrons. The molecule has 1 atom stereocenters. The fourth-order valence-corrected chi connectivity index (χ4v) is 3.05. The Balaban J connectivity index is 2.16. The summed E-state index contributed by atoms with van der Waals surface area (Å²) in [4.78, 5) is 0. The maximum absolute atomic E-state index is 5.30. The Labute approximate surface area is 112 Å². The number of anilines is 1. The van der Waals surface area contributed by atoms with Crippen LogP contribution in [0, 0.1) is 19.8 Å². The fraction of sp³-hybridized carbons (Fsp3) is 0.571. The molecule has 3 heteroatoms. The third kappa shape index (κ3) is 3.23. The number of hydrogen-bond donors (Lipinski definition) is 1. The van der Waals surface area contributed by atoms with Crippen LogP contribution >= 0.6 is 15.9 Å². The Bertz CT molecular complexity index is 378. The molecule has 0 bridgehead atoms. The minimum absolute atomic E-state index is 0.442. The van der Waals surface area contributed by atoms with Crippen LogP contribution in [0.5, 0.6) is 0 Å². The summed E-state index contributed by atoms with van der Waals surface area (Å²) >= 11 is 3.64. The van der Waals surface area contributed by atoms with Gasteiger partial charge in [-0.3, -0.25) is 0 Å². The first-order valence-corrected chi connectivity index (χ1v) is 6.93. The summed E-state index contributed by atoms with van der Waals surface area (Å²) in [6.45, 7) is 5.05. The van der Waals surface area contributed by atoms with E-state index in [9.17, 15) is 0 Å². The zero-order valence-electron chi connectivity index (χ0n) is 10.7. The van der Waals surface area contributed by atoms with Crippen LogP contribution in [-0.2, 0) is 4.74 Å². The topological polar surface area (TPSA) is 21.3 Å². The summed E-state index contributed by atoms with van der Waals surface area (Å²) < 4.78 is 6.45. The van der Waals surface area contributed by atoms with Gasteiger partial charge in [-0.2, -0.15) is 0 Å². The summed E-state index contributed by atoms with van der Waals surface area (Å²) in [5.41, 5.74) is 3.79. The second kappa shape index (κ2) is 5.40. The van der Waals surface area contributed by atoms with Crippen molar-refractivity contribution >= 4 is 21.6 Å². The van der Waals surface area contributed by atoms with Crippen molar-refractivity contribution in [1.29, 1.82) is 0 Å². The summed E-state index contributed by atoms with van der Waals surface area (Å²) in [6.07, 6.45) is 2.65. The number of methoxy groups -OCH3 is 1. The van der Waals surface area contributed by atoms with Gasteiger partial charge in [0.1, 0.15) is 0 Å². The van der Waals surface area contributed by atoms with Gasteiger partial charge in [-0.25, -0.2) is 0 Å². The summed E-state index contributed by atoms with van der Waals surface area (Å²) in [5.74, 6) is 0.780. The van der Waals surface area contributed by atoms with Crippen molar-refractivity contribution < 1.29 is 4.74 Å². The van der Waals surface area contributed by atoms with Crippen molar-refractivity contribution in [2.45, 2.75) is 32.7 Å². The third-order valence-corrected chi connectivity index (χ3v) is 3.92. The van der Waals surface area contributed by atoms with E-state index >= 15 is 0 Å². The molecule has 0 radical (unpaired) electrons. The molecule has 0 saturated heterocycles. The number of nitrogens with one attached hydrogen (secondary N) is 1. The largest absolute Gasteiger partial charge is 0.383 e. The van der Waals surface area contributed by atoms with Crippen molar-refractivity contribution in [2.75, 3.05) is 19.0 Å². The molecule has 1 aliphatic carbocycles. The molecule has 1 N–H and O–H groups in total. The van der Waals surface area contributed by atoms with Crippen LogP contribution in [0.3, 0.4) is 0 Å². The van der Waals surface area contributed by atoms with Gasteiger partial charge in [0.15, 0.2) is 0 Å². The molecule has 0 amide bonds. The van der Waals surface area contributed by atoms with E-state index in [0.717, 1.165) is 17.0 Å². The van der Waals surface area contributed by atoms with Crippen LogP contribution in [0.2, 0.25) is 0 Å². The predicted octanol–water partition coefficient (Wildman–Crippen LogP) is 3.90. The first-order valence-electron chi connectivity index (χ1n) is 6.14. The molecule has 2 nitrogen and oxygen atoms in total. The molecule has 0 heterocycles. The third-order valence-electron chi connectivity index (χ3n) is 3.30. The molecule has 1 aliphatic rings. The van der Waals surface area contributed by atoms with Crippen LogP contribution in [0.1, 0.15) is 24.0 Å². The standard InChI is InChI=1S/C14H20BrNO/c1-9-6-10(2)14(12(15)7-9)16-13(8-17-3)11-4-5-11/h6-7,11,13,16H,4-5,8H2,1-3H3. The Kier molecular flexibility index (Phi) is 4.10. The van der Waals surface area contributed by atoms with Crippen LogP contribution in [0.15, 0.2) is 16.6 Å². The van der Waals surface area contributed by atoms with Crippen LogP contribution in [0.25, 0.3) is 0 Å². The van der Waals surface area contributed by atoms with Gasteiger partial charge in [-0.15, -0.1) is 0 Å². The van der Waals surface area contributed by atoms with E-state index in [2.05, 4.69) is 47.2 Å². The van der Waals surface area contributed by atoms with Gasteiger partial charge in [-0.05, 0) is 65.7 Å². The molecule has 17 heavy (non-hydrogen) atoms. The lowest BCUT2D eigenvalue weighted by molar-refractivity contribution is 0.179. The molecule has 0 spiro atoms. The average molecular weight is 298 g/mol. The average Bonchev–Trinajstić information content (AvgIpc) is 3.05. The van der Waals surface area contributed by atoms with Crippen LogP contribution < -0.4 is 5.32 Å². The van der Waals surface area contributed by atoms with E-state index in [4.69, 9.17) is 4.74 Å². The maximum Gasteiger partial charge on any atom is 0.0666 e. The first kappa shape index (κ1) is 12.9. The number of rotatable bonds is 5. The number of benzene rings is 1. The van der Waals surface area contributed by atoms with Crippen molar-refractivity contribution in [3.05, 3.63) is 27.7 Å². The highest BCUT2D eigenvalue weighted by molar-refractivity contribution is 9.10. The van der Waals surface area contributed by atoms with Gasteiger partial charge < -0.3 is 10.1 Å². The Hall–Kier alpha value is -0.540. The van der Waals surface area contributed by atoms with Crippen molar-refractivity contribution in [3.63, 3.8) is 0 Å². The molecule has 1 aromatic carbocycles. The minimum atomic E-state index is 0.442. The Morgan fingerprint density at radius 1 is 1.41 bits per heavy atom. The molecular weight excluding hydrogens is 278 g/mol. The van der Waals surface area contributed by atoms with Crippen molar-refractivity contribution in [1.82, 2.24) is 0 Å². The SMILES string of the molecule is COCC(Nc1c(C)cc(C)cc1Br)C1CC1. The lowest BCUT2D eigenvalue weighted by Crippen LogP contribution is -2.27. The highest BCUT2D eigenvalue weighted by Gasteiger charge is 2.31.